The second kappa shape index (κ2) is 4.34. The first-order valence-corrected chi connectivity index (χ1v) is 6.64. The number of anilines is 1. The Hall–Kier alpha value is -1.89. The van der Waals surface area contributed by atoms with E-state index in [1.807, 2.05) is 12.1 Å². The molecule has 0 N–H and O–H groups in total. The molecular weight excluding hydrogens is 240 g/mol. The highest BCUT2D eigenvalue weighted by Crippen LogP contribution is 2.42. The monoisotopic (exact) mass is 258 g/mol. The van der Waals surface area contributed by atoms with Crippen LogP contribution in [-0.4, -0.2) is 18.9 Å². The van der Waals surface area contributed by atoms with Crippen molar-refractivity contribution in [3.8, 4) is 17.6 Å². The highest BCUT2D eigenvalue weighted by Gasteiger charge is 2.38. The van der Waals surface area contributed by atoms with Crippen LogP contribution in [0.2, 0.25) is 0 Å². The van der Waals surface area contributed by atoms with Crippen LogP contribution in [0.4, 0.5) is 5.69 Å². The Labute approximate surface area is 113 Å². The summed E-state index contributed by atoms with van der Waals surface area (Å²) in [4.78, 5) is 2.37. The van der Waals surface area contributed by atoms with Gasteiger partial charge in [0, 0.05) is 30.3 Å². The third-order valence-electron chi connectivity index (χ3n) is 4.01. The SMILES string of the molecule is CC1(C)CC(CC#N)CN1c1ccc2c(c1)OCO2. The van der Waals surface area contributed by atoms with Crippen LogP contribution in [0.25, 0.3) is 0 Å². The van der Waals surface area contributed by atoms with E-state index in [4.69, 9.17) is 14.7 Å². The van der Waals surface area contributed by atoms with E-state index in [0.717, 1.165) is 30.2 Å². The predicted octanol–water partition coefficient (Wildman–Crippen LogP) is 2.93. The first-order chi connectivity index (χ1) is 9.10. The lowest BCUT2D eigenvalue weighted by Crippen LogP contribution is -2.38. The van der Waals surface area contributed by atoms with Gasteiger partial charge in [0.15, 0.2) is 11.5 Å². The molecule has 2 aliphatic rings. The molecule has 19 heavy (non-hydrogen) atoms. The van der Waals surface area contributed by atoms with E-state index in [2.05, 4.69) is 30.9 Å². The Balaban J connectivity index is 1.87. The van der Waals surface area contributed by atoms with Gasteiger partial charge in [-0.05, 0) is 38.3 Å². The third kappa shape index (κ3) is 2.10. The zero-order valence-electron chi connectivity index (χ0n) is 11.3. The fraction of sp³-hybridized carbons (Fsp3) is 0.533. The van der Waals surface area contributed by atoms with Gasteiger partial charge in [-0.1, -0.05) is 0 Å². The molecule has 0 saturated carbocycles. The van der Waals surface area contributed by atoms with Crippen molar-refractivity contribution in [3.05, 3.63) is 18.2 Å². The van der Waals surface area contributed by atoms with Crippen LogP contribution in [-0.2, 0) is 0 Å². The predicted molar refractivity (Wildman–Crippen MR) is 72.3 cm³/mol. The van der Waals surface area contributed by atoms with E-state index in [0.29, 0.717) is 19.1 Å². The number of nitrogens with zero attached hydrogens (tertiary/aromatic N) is 2. The average Bonchev–Trinajstić information content (AvgIpc) is 2.92. The maximum Gasteiger partial charge on any atom is 0.231 e. The summed E-state index contributed by atoms with van der Waals surface area (Å²) in [5.41, 5.74) is 1.23. The zero-order chi connectivity index (χ0) is 13.5. The molecule has 100 valence electrons. The normalized spacial score (nSPS) is 23.4. The average molecular weight is 258 g/mol. The zero-order valence-corrected chi connectivity index (χ0v) is 11.3. The molecule has 1 aromatic rings. The number of fused-ring (bicyclic) bond motifs is 1. The van der Waals surface area contributed by atoms with Crippen LogP contribution in [0.15, 0.2) is 18.2 Å². The second-order valence-electron chi connectivity index (χ2n) is 5.89. The number of hydrogen-bond acceptors (Lipinski definition) is 4. The first-order valence-electron chi connectivity index (χ1n) is 6.64. The lowest BCUT2D eigenvalue weighted by molar-refractivity contribution is 0.174. The largest absolute Gasteiger partial charge is 0.454 e. The van der Waals surface area contributed by atoms with Gasteiger partial charge in [-0.15, -0.1) is 0 Å². The smallest absolute Gasteiger partial charge is 0.231 e. The van der Waals surface area contributed by atoms with Crippen molar-refractivity contribution in [1.82, 2.24) is 0 Å². The highest BCUT2D eigenvalue weighted by molar-refractivity contribution is 5.59. The molecule has 1 aromatic carbocycles. The van der Waals surface area contributed by atoms with E-state index in [9.17, 15) is 0 Å². The summed E-state index contributed by atoms with van der Waals surface area (Å²) < 4.78 is 10.8. The van der Waals surface area contributed by atoms with E-state index < -0.39 is 0 Å². The van der Waals surface area contributed by atoms with Crippen molar-refractivity contribution in [2.75, 3.05) is 18.2 Å². The summed E-state index contributed by atoms with van der Waals surface area (Å²) in [6, 6.07) is 8.37. The summed E-state index contributed by atoms with van der Waals surface area (Å²) in [5.74, 6) is 2.08. The first kappa shape index (κ1) is 12.2. The van der Waals surface area contributed by atoms with E-state index in [1.165, 1.54) is 0 Å². The molecule has 1 unspecified atom stereocenters. The molecule has 0 radical (unpaired) electrons. The Morgan fingerprint density at radius 2 is 2.16 bits per heavy atom. The molecule has 3 rings (SSSR count). The van der Waals surface area contributed by atoms with Gasteiger partial charge in [-0.25, -0.2) is 0 Å². The molecule has 4 heteroatoms. The number of rotatable bonds is 2. The van der Waals surface area contributed by atoms with Crippen LogP contribution < -0.4 is 14.4 Å². The van der Waals surface area contributed by atoms with E-state index in [-0.39, 0.29) is 5.54 Å². The standard InChI is InChI=1S/C15H18N2O2/c1-15(2)8-11(5-6-16)9-17(15)12-3-4-13-14(7-12)19-10-18-13/h3-4,7,11H,5,8-10H2,1-2H3. The summed E-state index contributed by atoms with van der Waals surface area (Å²) in [7, 11) is 0. The molecule has 0 amide bonds. The summed E-state index contributed by atoms with van der Waals surface area (Å²) in [6.45, 7) is 5.70. The van der Waals surface area contributed by atoms with Gasteiger partial charge in [0.05, 0.1) is 6.07 Å². The molecule has 2 aliphatic heterocycles. The van der Waals surface area contributed by atoms with E-state index >= 15 is 0 Å². The van der Waals surface area contributed by atoms with Gasteiger partial charge in [0.1, 0.15) is 0 Å². The lowest BCUT2D eigenvalue weighted by Gasteiger charge is -2.33. The molecule has 0 spiro atoms. The lowest BCUT2D eigenvalue weighted by atomic mass is 9.94. The van der Waals surface area contributed by atoms with Crippen molar-refractivity contribution >= 4 is 5.69 Å². The van der Waals surface area contributed by atoms with E-state index in [1.54, 1.807) is 0 Å². The third-order valence-corrected chi connectivity index (χ3v) is 4.01. The number of nitriles is 1. The summed E-state index contributed by atoms with van der Waals surface area (Å²) >= 11 is 0. The van der Waals surface area contributed by atoms with Gasteiger partial charge < -0.3 is 14.4 Å². The highest BCUT2D eigenvalue weighted by atomic mass is 16.7. The Kier molecular flexibility index (Phi) is 2.78. The van der Waals surface area contributed by atoms with Crippen molar-refractivity contribution in [2.45, 2.75) is 32.2 Å². The van der Waals surface area contributed by atoms with Crippen LogP contribution in [0.5, 0.6) is 11.5 Å². The van der Waals surface area contributed by atoms with Gasteiger partial charge in [0.2, 0.25) is 6.79 Å². The van der Waals surface area contributed by atoms with Crippen molar-refractivity contribution in [1.29, 1.82) is 5.26 Å². The molecule has 0 aliphatic carbocycles. The Bertz CT molecular complexity index is 533. The molecule has 0 bridgehead atoms. The number of ether oxygens (including phenoxy) is 2. The maximum absolute atomic E-state index is 8.88. The van der Waals surface area contributed by atoms with Crippen LogP contribution in [0.3, 0.4) is 0 Å². The maximum atomic E-state index is 8.88. The van der Waals surface area contributed by atoms with Crippen molar-refractivity contribution in [2.24, 2.45) is 5.92 Å². The van der Waals surface area contributed by atoms with Gasteiger partial charge in [0.25, 0.3) is 0 Å². The minimum atomic E-state index is 0.0786. The second-order valence-corrected chi connectivity index (χ2v) is 5.89. The summed E-state index contributed by atoms with van der Waals surface area (Å²) in [6.07, 6.45) is 1.68. The number of hydrogen-bond donors (Lipinski definition) is 0. The quantitative estimate of drug-likeness (QED) is 0.818. The van der Waals surface area contributed by atoms with Crippen molar-refractivity contribution in [3.63, 3.8) is 0 Å². The minimum Gasteiger partial charge on any atom is -0.454 e. The van der Waals surface area contributed by atoms with Crippen LogP contribution >= 0.6 is 0 Å². The van der Waals surface area contributed by atoms with Gasteiger partial charge in [-0.2, -0.15) is 5.26 Å². The Morgan fingerprint density at radius 3 is 2.95 bits per heavy atom. The summed E-state index contributed by atoms with van der Waals surface area (Å²) in [5, 5.41) is 8.88. The van der Waals surface area contributed by atoms with Gasteiger partial charge in [-0.3, -0.25) is 0 Å². The molecule has 4 nitrogen and oxygen atoms in total. The van der Waals surface area contributed by atoms with Gasteiger partial charge >= 0.3 is 0 Å². The molecule has 2 heterocycles. The fourth-order valence-electron chi connectivity index (χ4n) is 3.16. The van der Waals surface area contributed by atoms with Crippen molar-refractivity contribution < 1.29 is 9.47 Å². The fourth-order valence-corrected chi connectivity index (χ4v) is 3.16. The minimum absolute atomic E-state index is 0.0786. The molecular formula is C15H18N2O2. The number of benzene rings is 1. The Morgan fingerprint density at radius 1 is 1.37 bits per heavy atom. The molecule has 1 fully saturated rings. The molecule has 0 aromatic heterocycles. The molecule has 1 atom stereocenters. The van der Waals surface area contributed by atoms with Crippen LogP contribution in [0.1, 0.15) is 26.7 Å². The topological polar surface area (TPSA) is 45.5 Å². The molecule has 1 saturated heterocycles. The van der Waals surface area contributed by atoms with Crippen LogP contribution in [0, 0.1) is 17.2 Å².